The zero-order valence-electron chi connectivity index (χ0n) is 15.7. The van der Waals surface area contributed by atoms with Crippen LogP contribution in [0.2, 0.25) is 0 Å². The number of carbonyl (C=O) groups is 2. The van der Waals surface area contributed by atoms with E-state index >= 15 is 0 Å². The summed E-state index contributed by atoms with van der Waals surface area (Å²) in [4.78, 5) is 38.2. The Labute approximate surface area is 161 Å². The molecule has 0 unspecified atom stereocenters. The minimum absolute atomic E-state index is 0.0499. The van der Waals surface area contributed by atoms with Gasteiger partial charge in [0, 0.05) is 25.2 Å². The van der Waals surface area contributed by atoms with Crippen LogP contribution >= 0.6 is 0 Å². The number of amides is 2. The largest absolute Gasteiger partial charge is 0.354 e. The van der Waals surface area contributed by atoms with E-state index in [9.17, 15) is 18.8 Å². The van der Waals surface area contributed by atoms with Crippen LogP contribution in [-0.2, 0) is 11.2 Å². The monoisotopic (exact) mass is 384 g/mol. The number of hydrogen-bond donors (Lipinski definition) is 3. The van der Waals surface area contributed by atoms with Gasteiger partial charge in [0.25, 0.3) is 11.5 Å². The molecule has 0 saturated carbocycles. The Morgan fingerprint density at radius 1 is 1.18 bits per heavy atom. The molecule has 0 aliphatic rings. The predicted molar refractivity (Wildman–Crippen MR) is 101 cm³/mol. The van der Waals surface area contributed by atoms with Crippen LogP contribution < -0.4 is 16.2 Å². The molecule has 3 N–H and O–H groups in total. The molecule has 0 radical (unpaired) electrons. The van der Waals surface area contributed by atoms with Gasteiger partial charge in [0.15, 0.2) is 0 Å². The van der Waals surface area contributed by atoms with Crippen LogP contribution in [0.1, 0.15) is 39.2 Å². The van der Waals surface area contributed by atoms with Crippen molar-refractivity contribution in [3.05, 3.63) is 68.4 Å². The summed E-state index contributed by atoms with van der Waals surface area (Å²) >= 11 is 0. The topological polar surface area (TPSA) is 115 Å². The maximum absolute atomic E-state index is 13.5. The van der Waals surface area contributed by atoms with Crippen molar-refractivity contribution in [2.24, 2.45) is 0 Å². The highest BCUT2D eigenvalue weighted by molar-refractivity contribution is 5.94. The molecule has 0 aliphatic carbocycles. The van der Waals surface area contributed by atoms with Crippen molar-refractivity contribution in [1.82, 2.24) is 15.6 Å². The van der Waals surface area contributed by atoms with Gasteiger partial charge < -0.3 is 15.6 Å². The molecule has 8 heteroatoms. The third-order valence-corrected chi connectivity index (χ3v) is 4.37. The SMILES string of the molecule is Cc1[nH]c(=O)c(C#N)c(C)c1CCC(=O)NCCNC(=O)c1ccccc1F. The number of pyridine rings is 1. The number of rotatable bonds is 7. The lowest BCUT2D eigenvalue weighted by atomic mass is 9.99. The average Bonchev–Trinajstić information content (AvgIpc) is 2.65. The minimum Gasteiger partial charge on any atom is -0.354 e. The second kappa shape index (κ2) is 9.46. The highest BCUT2D eigenvalue weighted by Crippen LogP contribution is 2.14. The zero-order chi connectivity index (χ0) is 20.7. The van der Waals surface area contributed by atoms with Gasteiger partial charge in [0.2, 0.25) is 5.91 Å². The average molecular weight is 384 g/mol. The zero-order valence-corrected chi connectivity index (χ0v) is 15.7. The molecule has 2 rings (SSSR count). The third kappa shape index (κ3) is 5.04. The van der Waals surface area contributed by atoms with Gasteiger partial charge in [-0.2, -0.15) is 5.26 Å². The Morgan fingerprint density at radius 3 is 2.54 bits per heavy atom. The third-order valence-electron chi connectivity index (χ3n) is 4.37. The number of nitrogens with one attached hydrogen (secondary N) is 3. The van der Waals surface area contributed by atoms with Gasteiger partial charge >= 0.3 is 0 Å². The number of carbonyl (C=O) groups excluding carboxylic acids is 2. The van der Waals surface area contributed by atoms with E-state index in [-0.39, 0.29) is 36.5 Å². The first-order valence-corrected chi connectivity index (χ1v) is 8.77. The molecule has 0 bridgehead atoms. The summed E-state index contributed by atoms with van der Waals surface area (Å²) in [5.41, 5.74) is 1.54. The summed E-state index contributed by atoms with van der Waals surface area (Å²) in [7, 11) is 0. The van der Waals surface area contributed by atoms with E-state index in [4.69, 9.17) is 5.26 Å². The Balaban J connectivity index is 1.81. The van der Waals surface area contributed by atoms with Crippen molar-refractivity contribution in [2.75, 3.05) is 13.1 Å². The van der Waals surface area contributed by atoms with E-state index in [2.05, 4.69) is 15.6 Å². The summed E-state index contributed by atoms with van der Waals surface area (Å²) < 4.78 is 13.5. The van der Waals surface area contributed by atoms with Gasteiger partial charge in [0.1, 0.15) is 17.4 Å². The van der Waals surface area contributed by atoms with Crippen LogP contribution in [0.4, 0.5) is 4.39 Å². The highest BCUT2D eigenvalue weighted by Gasteiger charge is 2.13. The van der Waals surface area contributed by atoms with Gasteiger partial charge in [-0.15, -0.1) is 0 Å². The molecule has 0 aliphatic heterocycles. The molecular weight excluding hydrogens is 363 g/mol. The maximum Gasteiger partial charge on any atom is 0.266 e. The van der Waals surface area contributed by atoms with Crippen molar-refractivity contribution in [1.29, 1.82) is 5.26 Å². The lowest BCUT2D eigenvalue weighted by Gasteiger charge is -2.11. The number of nitrogens with zero attached hydrogens (tertiary/aromatic N) is 1. The normalized spacial score (nSPS) is 10.2. The summed E-state index contributed by atoms with van der Waals surface area (Å²) in [5.74, 6) is -1.38. The Kier molecular flexibility index (Phi) is 7.04. The first kappa shape index (κ1) is 20.8. The molecule has 0 spiro atoms. The second-order valence-electron chi connectivity index (χ2n) is 6.26. The van der Waals surface area contributed by atoms with Gasteiger partial charge in [-0.1, -0.05) is 12.1 Å². The fraction of sp³-hybridized carbons (Fsp3) is 0.300. The van der Waals surface area contributed by atoms with Crippen LogP contribution in [0.3, 0.4) is 0 Å². The van der Waals surface area contributed by atoms with Crippen molar-refractivity contribution < 1.29 is 14.0 Å². The van der Waals surface area contributed by atoms with Gasteiger partial charge in [-0.25, -0.2) is 4.39 Å². The predicted octanol–water partition coefficient (Wildman–Crippen LogP) is 1.48. The van der Waals surface area contributed by atoms with Gasteiger partial charge in [-0.3, -0.25) is 14.4 Å². The molecule has 0 saturated heterocycles. The summed E-state index contributed by atoms with van der Waals surface area (Å²) in [6.45, 7) is 3.77. The Hall–Kier alpha value is -3.47. The number of aromatic nitrogens is 1. The summed E-state index contributed by atoms with van der Waals surface area (Å²) in [5, 5.41) is 14.3. The van der Waals surface area contributed by atoms with E-state index in [1.807, 2.05) is 6.07 Å². The number of nitriles is 1. The van der Waals surface area contributed by atoms with E-state index in [1.165, 1.54) is 18.2 Å². The second-order valence-corrected chi connectivity index (χ2v) is 6.26. The summed E-state index contributed by atoms with van der Waals surface area (Å²) in [6, 6.07) is 7.53. The van der Waals surface area contributed by atoms with E-state index in [0.717, 1.165) is 5.56 Å². The van der Waals surface area contributed by atoms with E-state index in [0.29, 0.717) is 17.7 Å². The number of hydrogen-bond acceptors (Lipinski definition) is 4. The van der Waals surface area contributed by atoms with E-state index in [1.54, 1.807) is 19.9 Å². The highest BCUT2D eigenvalue weighted by atomic mass is 19.1. The van der Waals surface area contributed by atoms with Crippen LogP contribution in [-0.4, -0.2) is 29.9 Å². The van der Waals surface area contributed by atoms with Crippen molar-refractivity contribution in [3.8, 4) is 6.07 Å². The van der Waals surface area contributed by atoms with Gasteiger partial charge in [0.05, 0.1) is 5.56 Å². The minimum atomic E-state index is -0.604. The van der Waals surface area contributed by atoms with Crippen molar-refractivity contribution in [3.63, 3.8) is 0 Å². The molecule has 1 aromatic heterocycles. The molecule has 0 fully saturated rings. The molecule has 2 amide bonds. The lowest BCUT2D eigenvalue weighted by molar-refractivity contribution is -0.121. The number of aromatic amines is 1. The number of halogens is 1. The molecule has 28 heavy (non-hydrogen) atoms. The number of benzene rings is 1. The van der Waals surface area contributed by atoms with Crippen LogP contribution in [0.15, 0.2) is 29.1 Å². The summed E-state index contributed by atoms with van der Waals surface area (Å²) in [6.07, 6.45) is 0.538. The molecule has 1 aromatic carbocycles. The number of aryl methyl sites for hydroxylation is 1. The van der Waals surface area contributed by atoms with Crippen molar-refractivity contribution >= 4 is 11.8 Å². The number of H-pyrrole nitrogens is 1. The molecule has 2 aromatic rings. The quantitative estimate of drug-likeness (QED) is 0.627. The Bertz CT molecular complexity index is 992. The molecular formula is C20H21FN4O3. The first-order chi connectivity index (χ1) is 13.3. The maximum atomic E-state index is 13.5. The fourth-order valence-electron chi connectivity index (χ4n) is 2.87. The van der Waals surface area contributed by atoms with Crippen molar-refractivity contribution in [2.45, 2.75) is 26.7 Å². The van der Waals surface area contributed by atoms with Crippen LogP contribution in [0.5, 0.6) is 0 Å². The fourth-order valence-corrected chi connectivity index (χ4v) is 2.87. The lowest BCUT2D eigenvalue weighted by Crippen LogP contribution is -2.35. The van der Waals surface area contributed by atoms with Crippen LogP contribution in [0.25, 0.3) is 0 Å². The molecule has 0 atom stereocenters. The van der Waals surface area contributed by atoms with Gasteiger partial charge in [-0.05, 0) is 43.5 Å². The Morgan fingerprint density at radius 2 is 1.86 bits per heavy atom. The van der Waals surface area contributed by atoms with Crippen LogP contribution in [0, 0.1) is 31.0 Å². The smallest absolute Gasteiger partial charge is 0.266 e. The van der Waals surface area contributed by atoms with E-state index < -0.39 is 17.3 Å². The first-order valence-electron chi connectivity index (χ1n) is 8.77. The molecule has 146 valence electrons. The molecule has 1 heterocycles. The molecule has 7 nitrogen and oxygen atoms in total. The standard InChI is InChI=1S/C20H21FN4O3/c1-12-14(13(2)25-20(28)16(12)11-22)7-8-18(26)23-9-10-24-19(27)15-5-3-4-6-17(15)21/h3-6H,7-10H2,1-2H3,(H,23,26)(H,24,27)(H,25,28).